The van der Waals surface area contributed by atoms with Crippen molar-refractivity contribution in [1.29, 1.82) is 0 Å². The third-order valence-corrected chi connectivity index (χ3v) is 4.07. The molecule has 0 aliphatic heterocycles. The quantitative estimate of drug-likeness (QED) is 0.535. The summed E-state index contributed by atoms with van der Waals surface area (Å²) in [7, 11) is 3.29. The van der Waals surface area contributed by atoms with Crippen LogP contribution in [0.15, 0.2) is 59.5 Å². The van der Waals surface area contributed by atoms with Crippen molar-refractivity contribution in [2.24, 2.45) is 7.05 Å². The Morgan fingerprint density at radius 2 is 2.04 bits per heavy atom. The number of nitrogens with zero attached hydrogens (tertiary/aromatic N) is 3. The van der Waals surface area contributed by atoms with E-state index in [1.807, 2.05) is 36.0 Å². The fourth-order valence-electron chi connectivity index (χ4n) is 2.78. The normalized spacial score (nSPS) is 11.0. The molecule has 0 saturated heterocycles. The van der Waals surface area contributed by atoms with E-state index in [4.69, 9.17) is 9.15 Å². The van der Waals surface area contributed by atoms with Crippen molar-refractivity contribution in [3.8, 4) is 22.6 Å². The number of ether oxygens (including phenoxy) is 1. The summed E-state index contributed by atoms with van der Waals surface area (Å²) in [6.07, 6.45) is 5.16. The number of esters is 1. The minimum absolute atomic E-state index is 0.246. The van der Waals surface area contributed by atoms with E-state index in [1.54, 1.807) is 24.7 Å². The molecule has 4 rings (SSSR count). The maximum atomic E-state index is 11.7. The summed E-state index contributed by atoms with van der Waals surface area (Å²) in [5, 5.41) is 0.977. The maximum absolute atomic E-state index is 11.7. The van der Waals surface area contributed by atoms with Crippen molar-refractivity contribution in [2.45, 2.75) is 0 Å². The first-order valence-electron chi connectivity index (χ1n) is 7.71. The van der Waals surface area contributed by atoms with Gasteiger partial charge in [-0.2, -0.15) is 0 Å². The number of pyridine rings is 1. The van der Waals surface area contributed by atoms with Gasteiger partial charge in [0.05, 0.1) is 25.3 Å². The lowest BCUT2D eigenvalue weighted by atomic mass is 10.1. The van der Waals surface area contributed by atoms with E-state index in [0.29, 0.717) is 5.76 Å². The van der Waals surface area contributed by atoms with Gasteiger partial charge in [-0.25, -0.2) is 14.8 Å². The molecule has 0 aliphatic rings. The Morgan fingerprint density at radius 3 is 2.80 bits per heavy atom. The van der Waals surface area contributed by atoms with Crippen LogP contribution in [0, 0.1) is 0 Å². The summed E-state index contributed by atoms with van der Waals surface area (Å²) in [4.78, 5) is 19.8. The second kappa shape index (κ2) is 5.90. The zero-order chi connectivity index (χ0) is 17.4. The molecule has 0 unspecified atom stereocenters. The van der Waals surface area contributed by atoms with Gasteiger partial charge in [-0.15, -0.1) is 0 Å². The van der Waals surface area contributed by atoms with Gasteiger partial charge in [0.1, 0.15) is 17.0 Å². The van der Waals surface area contributed by atoms with E-state index in [-0.39, 0.29) is 5.69 Å². The lowest BCUT2D eigenvalue weighted by Gasteiger charge is -2.01. The molecule has 6 heteroatoms. The van der Waals surface area contributed by atoms with Crippen LogP contribution in [0.4, 0.5) is 0 Å². The number of methoxy groups -OCH3 is 1. The first kappa shape index (κ1) is 15.1. The Morgan fingerprint density at radius 1 is 1.16 bits per heavy atom. The molecule has 0 fully saturated rings. The van der Waals surface area contributed by atoms with E-state index >= 15 is 0 Å². The maximum Gasteiger partial charge on any atom is 0.356 e. The lowest BCUT2D eigenvalue weighted by Crippen LogP contribution is -2.03. The summed E-state index contributed by atoms with van der Waals surface area (Å²) in [6.45, 7) is 0. The molecule has 0 aliphatic carbocycles. The fraction of sp³-hybridized carbons (Fsp3) is 0.105. The summed E-state index contributed by atoms with van der Waals surface area (Å²) in [6, 6.07) is 11.4. The Labute approximate surface area is 143 Å². The van der Waals surface area contributed by atoms with E-state index in [9.17, 15) is 4.79 Å². The van der Waals surface area contributed by atoms with Crippen molar-refractivity contribution >= 4 is 16.9 Å². The highest BCUT2D eigenvalue weighted by molar-refractivity contribution is 5.90. The number of fused-ring (bicyclic) bond motifs is 1. The molecular formula is C19H15N3O3. The van der Waals surface area contributed by atoms with Crippen LogP contribution in [-0.4, -0.2) is 27.6 Å². The molecular weight excluding hydrogens is 318 g/mol. The Kier molecular flexibility index (Phi) is 3.57. The van der Waals surface area contributed by atoms with Crippen LogP contribution < -0.4 is 0 Å². The standard InChI is InChI=1S/C19H15N3O3/c1-22-11-20-10-16(22)12-3-4-17-14(7-12)9-18(25-17)13-5-6-21-15(8-13)19(23)24-2/h3-11H,1-2H3. The third-order valence-electron chi connectivity index (χ3n) is 4.07. The van der Waals surface area contributed by atoms with Crippen LogP contribution in [0.1, 0.15) is 10.5 Å². The zero-order valence-electron chi connectivity index (χ0n) is 13.8. The number of imidazole rings is 1. The van der Waals surface area contributed by atoms with Crippen molar-refractivity contribution in [3.63, 3.8) is 0 Å². The number of carbonyl (C=O) groups is 1. The van der Waals surface area contributed by atoms with Gasteiger partial charge in [-0.3, -0.25) is 0 Å². The second-order valence-electron chi connectivity index (χ2n) is 5.67. The van der Waals surface area contributed by atoms with Crippen LogP contribution in [0.5, 0.6) is 0 Å². The SMILES string of the molecule is COC(=O)c1cc(-c2cc3cc(-c4cncn4C)ccc3o2)ccn1. The molecule has 0 atom stereocenters. The smallest absolute Gasteiger partial charge is 0.356 e. The van der Waals surface area contributed by atoms with Crippen LogP contribution in [-0.2, 0) is 11.8 Å². The molecule has 6 nitrogen and oxygen atoms in total. The predicted octanol–water partition coefficient (Wildman–Crippen LogP) is 3.68. The zero-order valence-corrected chi connectivity index (χ0v) is 13.8. The van der Waals surface area contributed by atoms with Gasteiger partial charge in [0.15, 0.2) is 0 Å². The highest BCUT2D eigenvalue weighted by atomic mass is 16.5. The number of rotatable bonds is 3. The highest BCUT2D eigenvalue weighted by Gasteiger charge is 2.12. The molecule has 0 N–H and O–H groups in total. The van der Waals surface area contributed by atoms with Crippen molar-refractivity contribution in [3.05, 3.63) is 60.8 Å². The Balaban J connectivity index is 1.77. The molecule has 0 radical (unpaired) electrons. The third kappa shape index (κ3) is 2.67. The number of carbonyl (C=O) groups excluding carboxylic acids is 1. The molecule has 3 aromatic heterocycles. The summed E-state index contributed by atoms with van der Waals surface area (Å²) in [5.74, 6) is 0.196. The van der Waals surface area contributed by atoms with Gasteiger partial charge >= 0.3 is 5.97 Å². The molecule has 0 spiro atoms. The average Bonchev–Trinajstić information content (AvgIpc) is 3.26. The first-order chi connectivity index (χ1) is 12.2. The minimum atomic E-state index is -0.476. The molecule has 0 amide bonds. The van der Waals surface area contributed by atoms with Gasteiger partial charge in [-0.1, -0.05) is 0 Å². The molecule has 3 heterocycles. The predicted molar refractivity (Wildman–Crippen MR) is 93.0 cm³/mol. The molecule has 1 aromatic carbocycles. The van der Waals surface area contributed by atoms with Gasteiger partial charge in [-0.05, 0) is 36.4 Å². The van der Waals surface area contributed by atoms with Crippen LogP contribution in [0.3, 0.4) is 0 Å². The molecule has 0 bridgehead atoms. The van der Waals surface area contributed by atoms with Crippen molar-refractivity contribution < 1.29 is 13.9 Å². The molecule has 0 saturated carbocycles. The molecule has 4 aromatic rings. The fourth-order valence-corrected chi connectivity index (χ4v) is 2.78. The van der Waals surface area contributed by atoms with Gasteiger partial charge in [0, 0.05) is 29.8 Å². The summed E-state index contributed by atoms with van der Waals surface area (Å²) in [5.41, 5.74) is 3.88. The second-order valence-corrected chi connectivity index (χ2v) is 5.67. The minimum Gasteiger partial charge on any atom is -0.464 e. The van der Waals surface area contributed by atoms with Gasteiger partial charge < -0.3 is 13.7 Å². The number of benzene rings is 1. The van der Waals surface area contributed by atoms with E-state index in [1.165, 1.54) is 7.11 Å². The van der Waals surface area contributed by atoms with E-state index in [0.717, 1.165) is 27.8 Å². The van der Waals surface area contributed by atoms with E-state index < -0.39 is 5.97 Å². The first-order valence-corrected chi connectivity index (χ1v) is 7.71. The number of aromatic nitrogens is 3. The molecule has 25 heavy (non-hydrogen) atoms. The number of aryl methyl sites for hydroxylation is 1. The highest BCUT2D eigenvalue weighted by Crippen LogP contribution is 2.31. The van der Waals surface area contributed by atoms with Gasteiger partial charge in [0.25, 0.3) is 0 Å². The van der Waals surface area contributed by atoms with Crippen LogP contribution >= 0.6 is 0 Å². The monoisotopic (exact) mass is 333 g/mol. The summed E-state index contributed by atoms with van der Waals surface area (Å²) >= 11 is 0. The number of hydrogen-bond donors (Lipinski definition) is 0. The number of hydrogen-bond acceptors (Lipinski definition) is 5. The Bertz CT molecular complexity index is 1080. The number of furan rings is 1. The van der Waals surface area contributed by atoms with Crippen LogP contribution in [0.2, 0.25) is 0 Å². The van der Waals surface area contributed by atoms with Crippen LogP contribution in [0.25, 0.3) is 33.6 Å². The van der Waals surface area contributed by atoms with Crippen molar-refractivity contribution in [2.75, 3.05) is 7.11 Å². The topological polar surface area (TPSA) is 70.2 Å². The largest absolute Gasteiger partial charge is 0.464 e. The van der Waals surface area contributed by atoms with Crippen molar-refractivity contribution in [1.82, 2.24) is 14.5 Å². The summed E-state index contributed by atoms with van der Waals surface area (Å²) < 4.78 is 12.6. The van der Waals surface area contributed by atoms with Gasteiger partial charge in [0.2, 0.25) is 0 Å². The Hall–Kier alpha value is -3.41. The molecule has 124 valence electrons. The van der Waals surface area contributed by atoms with E-state index in [2.05, 4.69) is 16.0 Å². The average molecular weight is 333 g/mol. The lowest BCUT2D eigenvalue weighted by molar-refractivity contribution is 0.0594.